The Morgan fingerprint density at radius 1 is 1.43 bits per heavy atom. The number of alkyl halides is 3. The number of hydrogen-bond donors (Lipinski definition) is 1. The highest BCUT2D eigenvalue weighted by Crippen LogP contribution is 2.36. The highest BCUT2D eigenvalue weighted by molar-refractivity contribution is 5.56. The fraction of sp³-hybridized carbons (Fsp3) is 0.533. The van der Waals surface area contributed by atoms with Crippen molar-refractivity contribution in [3.8, 4) is 6.07 Å². The first-order valence-corrected chi connectivity index (χ1v) is 6.93. The summed E-state index contributed by atoms with van der Waals surface area (Å²) in [7, 11) is 0. The quantitative estimate of drug-likeness (QED) is 0.919. The van der Waals surface area contributed by atoms with Gasteiger partial charge >= 0.3 is 6.18 Å². The van der Waals surface area contributed by atoms with E-state index in [-0.39, 0.29) is 23.4 Å². The molecule has 21 heavy (non-hydrogen) atoms. The first-order chi connectivity index (χ1) is 9.94. The van der Waals surface area contributed by atoms with Crippen molar-refractivity contribution in [1.82, 2.24) is 0 Å². The standard InChI is InChI=1S/C15H17F3N2O/c1-2-12-8-11(5-6-21-12)20-14-4-3-10(9-19)7-13(14)15(16,17)18/h3-4,7,11-12,20H,2,5-6,8H2,1H3. The lowest BCUT2D eigenvalue weighted by molar-refractivity contribution is -0.137. The van der Waals surface area contributed by atoms with Crippen LogP contribution in [0, 0.1) is 11.3 Å². The summed E-state index contributed by atoms with van der Waals surface area (Å²) in [5, 5.41) is 11.7. The third kappa shape index (κ3) is 3.88. The smallest absolute Gasteiger partial charge is 0.382 e. The van der Waals surface area contributed by atoms with Crippen molar-refractivity contribution >= 4 is 5.69 Å². The number of nitrogens with zero attached hydrogens (tertiary/aromatic N) is 1. The molecule has 0 radical (unpaired) electrons. The van der Waals surface area contributed by atoms with Gasteiger partial charge in [-0.25, -0.2) is 0 Å². The summed E-state index contributed by atoms with van der Waals surface area (Å²) in [5.41, 5.74) is -0.754. The molecule has 3 nitrogen and oxygen atoms in total. The third-order valence-electron chi connectivity index (χ3n) is 3.64. The number of halogens is 3. The van der Waals surface area contributed by atoms with Crippen LogP contribution in [0.4, 0.5) is 18.9 Å². The molecule has 1 heterocycles. The minimum absolute atomic E-state index is 0.00582. The minimum atomic E-state index is -4.48. The summed E-state index contributed by atoms with van der Waals surface area (Å²) in [4.78, 5) is 0. The molecule has 1 N–H and O–H groups in total. The lowest BCUT2D eigenvalue weighted by atomic mass is 10.00. The van der Waals surface area contributed by atoms with Gasteiger partial charge in [-0.1, -0.05) is 6.92 Å². The fourth-order valence-corrected chi connectivity index (χ4v) is 2.49. The molecule has 2 atom stereocenters. The van der Waals surface area contributed by atoms with Gasteiger partial charge in [0.05, 0.1) is 23.3 Å². The number of benzene rings is 1. The topological polar surface area (TPSA) is 45.0 Å². The van der Waals surface area contributed by atoms with Gasteiger partial charge in [0.1, 0.15) is 0 Å². The Balaban J connectivity index is 2.21. The second kappa shape index (κ2) is 6.35. The molecule has 1 saturated heterocycles. The second-order valence-corrected chi connectivity index (χ2v) is 5.14. The molecule has 2 unspecified atom stereocenters. The van der Waals surface area contributed by atoms with Crippen LogP contribution in [0.5, 0.6) is 0 Å². The van der Waals surface area contributed by atoms with E-state index in [0.717, 1.165) is 12.5 Å². The maximum Gasteiger partial charge on any atom is 0.418 e. The average Bonchev–Trinajstić information content (AvgIpc) is 2.46. The summed E-state index contributed by atoms with van der Waals surface area (Å²) in [6.07, 6.45) is -2.19. The van der Waals surface area contributed by atoms with Gasteiger partial charge in [0.2, 0.25) is 0 Å². The molecule has 0 bridgehead atoms. The lowest BCUT2D eigenvalue weighted by Gasteiger charge is -2.31. The lowest BCUT2D eigenvalue weighted by Crippen LogP contribution is -2.34. The van der Waals surface area contributed by atoms with Gasteiger partial charge in [0.25, 0.3) is 0 Å². The molecule has 2 rings (SSSR count). The summed E-state index contributed by atoms with van der Waals surface area (Å²) in [6.45, 7) is 2.55. The van der Waals surface area contributed by atoms with E-state index in [9.17, 15) is 13.2 Å². The van der Waals surface area contributed by atoms with Crippen molar-refractivity contribution in [2.45, 2.75) is 44.5 Å². The maximum atomic E-state index is 13.1. The van der Waals surface area contributed by atoms with Crippen LogP contribution in [0.1, 0.15) is 37.3 Å². The number of nitrogens with one attached hydrogen (secondary N) is 1. The van der Waals surface area contributed by atoms with Gasteiger partial charge in [-0.3, -0.25) is 0 Å². The monoisotopic (exact) mass is 298 g/mol. The van der Waals surface area contributed by atoms with Gasteiger partial charge in [0, 0.05) is 18.3 Å². The zero-order valence-corrected chi connectivity index (χ0v) is 11.7. The van der Waals surface area contributed by atoms with Crippen LogP contribution in [0.3, 0.4) is 0 Å². The first-order valence-electron chi connectivity index (χ1n) is 6.93. The van der Waals surface area contributed by atoms with Crippen LogP contribution in [-0.2, 0) is 10.9 Å². The summed E-state index contributed by atoms with van der Waals surface area (Å²) >= 11 is 0. The van der Waals surface area contributed by atoms with Gasteiger partial charge in [-0.2, -0.15) is 18.4 Å². The molecule has 6 heteroatoms. The van der Waals surface area contributed by atoms with E-state index >= 15 is 0 Å². The Morgan fingerprint density at radius 2 is 2.19 bits per heavy atom. The van der Waals surface area contributed by atoms with Crippen molar-refractivity contribution in [1.29, 1.82) is 5.26 Å². The summed E-state index contributed by atoms with van der Waals surface area (Å²) in [5.74, 6) is 0. The first kappa shape index (κ1) is 15.6. The molecule has 1 aliphatic rings. The number of hydrogen-bond acceptors (Lipinski definition) is 3. The predicted molar refractivity (Wildman–Crippen MR) is 72.8 cm³/mol. The second-order valence-electron chi connectivity index (χ2n) is 5.14. The third-order valence-corrected chi connectivity index (χ3v) is 3.64. The van der Waals surface area contributed by atoms with Crippen LogP contribution in [0.2, 0.25) is 0 Å². The Labute approximate surface area is 121 Å². The molecule has 1 aliphatic heterocycles. The van der Waals surface area contributed by atoms with Crippen molar-refractivity contribution in [2.24, 2.45) is 0 Å². The summed E-state index contributed by atoms with van der Waals surface area (Å²) < 4.78 is 44.8. The Morgan fingerprint density at radius 3 is 2.81 bits per heavy atom. The molecule has 0 saturated carbocycles. The van der Waals surface area contributed by atoms with E-state index in [1.807, 2.05) is 6.92 Å². The van der Waals surface area contributed by atoms with Crippen molar-refractivity contribution < 1.29 is 17.9 Å². The number of anilines is 1. The predicted octanol–water partition coefficient (Wildman–Crippen LogP) is 3.95. The van der Waals surface area contributed by atoms with Gasteiger partial charge in [-0.05, 0) is 37.5 Å². The molecule has 0 spiro atoms. The SMILES string of the molecule is CCC1CC(Nc2ccc(C#N)cc2C(F)(F)F)CCO1. The minimum Gasteiger partial charge on any atom is -0.382 e. The maximum absolute atomic E-state index is 13.1. The number of rotatable bonds is 3. The summed E-state index contributed by atoms with van der Waals surface area (Å²) in [6, 6.07) is 5.31. The highest BCUT2D eigenvalue weighted by Gasteiger charge is 2.34. The molecule has 1 fully saturated rings. The van der Waals surface area contributed by atoms with Gasteiger partial charge < -0.3 is 10.1 Å². The van der Waals surface area contributed by atoms with E-state index in [1.165, 1.54) is 12.1 Å². The van der Waals surface area contributed by atoms with Gasteiger partial charge in [0.15, 0.2) is 0 Å². The van der Waals surface area contributed by atoms with E-state index in [4.69, 9.17) is 10.00 Å². The van der Waals surface area contributed by atoms with Crippen LogP contribution in [-0.4, -0.2) is 18.8 Å². The van der Waals surface area contributed by atoms with Crippen molar-refractivity contribution in [2.75, 3.05) is 11.9 Å². The number of nitriles is 1. The highest BCUT2D eigenvalue weighted by atomic mass is 19.4. The molecule has 0 aliphatic carbocycles. The average molecular weight is 298 g/mol. The molecule has 0 aromatic heterocycles. The molecule has 1 aromatic carbocycles. The van der Waals surface area contributed by atoms with E-state index in [2.05, 4.69) is 5.32 Å². The van der Waals surface area contributed by atoms with Crippen molar-refractivity contribution in [3.63, 3.8) is 0 Å². The van der Waals surface area contributed by atoms with Crippen LogP contribution in [0.15, 0.2) is 18.2 Å². The zero-order chi connectivity index (χ0) is 15.5. The Bertz CT molecular complexity index is 537. The normalized spacial score (nSPS) is 22.6. The molecular formula is C15H17F3N2O. The van der Waals surface area contributed by atoms with Gasteiger partial charge in [-0.15, -0.1) is 0 Å². The zero-order valence-electron chi connectivity index (χ0n) is 11.7. The van der Waals surface area contributed by atoms with E-state index in [0.29, 0.717) is 19.4 Å². The van der Waals surface area contributed by atoms with E-state index < -0.39 is 11.7 Å². The Kier molecular flexibility index (Phi) is 4.73. The fourth-order valence-electron chi connectivity index (χ4n) is 2.49. The van der Waals surface area contributed by atoms with E-state index in [1.54, 1.807) is 6.07 Å². The number of ether oxygens (including phenoxy) is 1. The molecular weight excluding hydrogens is 281 g/mol. The Hall–Kier alpha value is -1.74. The van der Waals surface area contributed by atoms with Crippen LogP contribution in [0.25, 0.3) is 0 Å². The van der Waals surface area contributed by atoms with Crippen LogP contribution < -0.4 is 5.32 Å². The molecule has 114 valence electrons. The molecule has 0 amide bonds. The largest absolute Gasteiger partial charge is 0.418 e. The van der Waals surface area contributed by atoms with Crippen molar-refractivity contribution in [3.05, 3.63) is 29.3 Å². The van der Waals surface area contributed by atoms with Crippen LogP contribution >= 0.6 is 0 Å². The molecule has 1 aromatic rings.